The van der Waals surface area contributed by atoms with E-state index in [1.807, 2.05) is 13.8 Å². The first kappa shape index (κ1) is 18.9. The van der Waals surface area contributed by atoms with Gasteiger partial charge in [-0.15, -0.1) is 24.0 Å². The largest absolute Gasteiger partial charge is 0.391 e. The third-order valence-corrected chi connectivity index (χ3v) is 2.81. The van der Waals surface area contributed by atoms with Crippen LogP contribution in [0.25, 0.3) is 0 Å². The number of aliphatic hydroxyl groups excluding tert-OH is 1. The quantitative estimate of drug-likeness (QED) is 0.315. The van der Waals surface area contributed by atoms with Gasteiger partial charge in [0.25, 0.3) is 0 Å². The van der Waals surface area contributed by atoms with Crippen molar-refractivity contribution in [3.8, 4) is 0 Å². The summed E-state index contributed by atoms with van der Waals surface area (Å²) < 4.78 is 5.48. The lowest BCUT2D eigenvalue weighted by Crippen LogP contribution is -2.40. The number of nitrogens with zero attached hydrogens (tertiary/aromatic N) is 2. The van der Waals surface area contributed by atoms with Crippen molar-refractivity contribution >= 4 is 29.9 Å². The first-order valence-electron chi connectivity index (χ1n) is 6.96. The van der Waals surface area contributed by atoms with Gasteiger partial charge in [0.15, 0.2) is 5.96 Å². The van der Waals surface area contributed by atoms with Crippen LogP contribution in [0.1, 0.15) is 33.6 Å². The summed E-state index contributed by atoms with van der Waals surface area (Å²) in [6.45, 7) is 10.1. The molecule has 1 atom stereocenters. The topological polar surface area (TPSA) is 57.1 Å². The van der Waals surface area contributed by atoms with E-state index in [0.29, 0.717) is 6.54 Å². The molecular formula is C13H28IN3O2. The van der Waals surface area contributed by atoms with Crippen molar-refractivity contribution in [3.63, 3.8) is 0 Å². The van der Waals surface area contributed by atoms with Gasteiger partial charge in [0.2, 0.25) is 0 Å². The summed E-state index contributed by atoms with van der Waals surface area (Å²) in [4.78, 5) is 6.69. The molecule has 114 valence electrons. The van der Waals surface area contributed by atoms with Gasteiger partial charge in [0.05, 0.1) is 12.2 Å². The number of hydrogen-bond donors (Lipinski definition) is 2. The maximum absolute atomic E-state index is 9.54. The monoisotopic (exact) mass is 385 g/mol. The molecule has 0 saturated carbocycles. The molecule has 1 aliphatic rings. The summed E-state index contributed by atoms with van der Waals surface area (Å²) in [6, 6.07) is 0. The number of aliphatic imine (C=N–C) groups is 1. The van der Waals surface area contributed by atoms with E-state index in [-0.39, 0.29) is 36.2 Å². The molecule has 0 amide bonds. The average molecular weight is 385 g/mol. The van der Waals surface area contributed by atoms with Gasteiger partial charge in [-0.1, -0.05) is 0 Å². The number of β-amino-alcohol motifs (C(OH)–C–C–N with tert-alkyl or cyclic N) is 1. The highest BCUT2D eigenvalue weighted by molar-refractivity contribution is 14.0. The maximum Gasteiger partial charge on any atom is 0.194 e. The number of hydrogen-bond acceptors (Lipinski definition) is 3. The Kier molecular flexibility index (Phi) is 10.6. The molecule has 0 aromatic carbocycles. The molecule has 1 rings (SSSR count). The van der Waals surface area contributed by atoms with E-state index in [9.17, 15) is 5.11 Å². The summed E-state index contributed by atoms with van der Waals surface area (Å²) >= 11 is 0. The van der Waals surface area contributed by atoms with Gasteiger partial charge in [-0.05, 0) is 33.6 Å². The molecule has 0 aromatic heterocycles. The second-order valence-electron chi connectivity index (χ2n) is 4.90. The third-order valence-electron chi connectivity index (χ3n) is 2.81. The van der Waals surface area contributed by atoms with Gasteiger partial charge in [0.1, 0.15) is 0 Å². The fourth-order valence-corrected chi connectivity index (χ4v) is 1.93. The van der Waals surface area contributed by atoms with Crippen LogP contribution in [0, 0.1) is 0 Å². The van der Waals surface area contributed by atoms with Crippen LogP contribution in [0.15, 0.2) is 4.99 Å². The first-order chi connectivity index (χ1) is 8.63. The molecule has 1 aliphatic heterocycles. The van der Waals surface area contributed by atoms with E-state index in [0.717, 1.165) is 45.0 Å². The number of aliphatic hydroxyl groups is 1. The van der Waals surface area contributed by atoms with Crippen molar-refractivity contribution in [1.82, 2.24) is 10.2 Å². The van der Waals surface area contributed by atoms with Crippen LogP contribution in [0.3, 0.4) is 0 Å². The van der Waals surface area contributed by atoms with Crippen molar-refractivity contribution in [3.05, 3.63) is 0 Å². The highest BCUT2D eigenvalue weighted by Gasteiger charge is 2.22. The molecule has 2 N–H and O–H groups in total. The number of rotatable bonds is 6. The molecule has 1 fully saturated rings. The van der Waals surface area contributed by atoms with Gasteiger partial charge in [-0.2, -0.15) is 0 Å². The van der Waals surface area contributed by atoms with E-state index in [1.54, 1.807) is 0 Å². The van der Waals surface area contributed by atoms with Gasteiger partial charge >= 0.3 is 0 Å². The number of halogens is 1. The van der Waals surface area contributed by atoms with Gasteiger partial charge in [-0.3, -0.25) is 4.99 Å². The molecule has 0 bridgehead atoms. The Labute approximate surface area is 133 Å². The molecule has 6 heteroatoms. The minimum atomic E-state index is -0.210. The molecule has 0 aromatic rings. The molecule has 1 saturated heterocycles. The maximum atomic E-state index is 9.54. The van der Waals surface area contributed by atoms with Crippen molar-refractivity contribution in [1.29, 1.82) is 0 Å². The standard InChI is InChI=1S/C13H27N3O2.HI/c1-4-14-13(16-8-6-12(17)10-16)15-7-5-9-18-11(2)3;/h11-12,17H,4-10H2,1-3H3,(H,14,15);1H/t12-;/m1./s1. The van der Waals surface area contributed by atoms with Crippen molar-refractivity contribution in [2.45, 2.75) is 45.8 Å². The van der Waals surface area contributed by atoms with E-state index in [2.05, 4.69) is 22.1 Å². The van der Waals surface area contributed by atoms with Crippen LogP contribution in [0.5, 0.6) is 0 Å². The Hall–Kier alpha value is -0.0800. The normalized spacial score (nSPS) is 19.7. The molecule has 0 unspecified atom stereocenters. The van der Waals surface area contributed by atoms with Crippen LogP contribution in [-0.2, 0) is 4.74 Å². The predicted molar refractivity (Wildman–Crippen MR) is 89.3 cm³/mol. The summed E-state index contributed by atoms with van der Waals surface area (Å²) in [5.74, 6) is 0.915. The van der Waals surface area contributed by atoms with Crippen molar-refractivity contribution in [2.75, 3.05) is 32.8 Å². The second kappa shape index (κ2) is 10.7. The predicted octanol–water partition coefficient (Wildman–Crippen LogP) is 1.45. The molecular weight excluding hydrogens is 357 g/mol. The van der Waals surface area contributed by atoms with Crippen LogP contribution in [0.4, 0.5) is 0 Å². The average Bonchev–Trinajstić information content (AvgIpc) is 2.73. The molecule has 0 radical (unpaired) electrons. The highest BCUT2D eigenvalue weighted by Crippen LogP contribution is 2.08. The lowest BCUT2D eigenvalue weighted by molar-refractivity contribution is 0.0782. The molecule has 19 heavy (non-hydrogen) atoms. The lowest BCUT2D eigenvalue weighted by atomic mass is 10.3. The lowest BCUT2D eigenvalue weighted by Gasteiger charge is -2.20. The zero-order valence-corrected chi connectivity index (χ0v) is 14.6. The zero-order chi connectivity index (χ0) is 13.4. The Morgan fingerprint density at radius 3 is 2.79 bits per heavy atom. The van der Waals surface area contributed by atoms with Crippen LogP contribution in [0.2, 0.25) is 0 Å². The minimum Gasteiger partial charge on any atom is -0.391 e. The SMILES string of the molecule is CCNC(=NCCCOC(C)C)N1CC[C@@H](O)C1.I. The number of ether oxygens (including phenoxy) is 1. The number of likely N-dealkylation sites (tertiary alicyclic amines) is 1. The smallest absolute Gasteiger partial charge is 0.194 e. The molecule has 0 spiro atoms. The number of nitrogens with one attached hydrogen (secondary N) is 1. The summed E-state index contributed by atoms with van der Waals surface area (Å²) in [6.07, 6.45) is 1.85. The van der Waals surface area contributed by atoms with Crippen LogP contribution < -0.4 is 5.32 Å². The summed E-state index contributed by atoms with van der Waals surface area (Å²) in [7, 11) is 0. The second-order valence-corrected chi connectivity index (χ2v) is 4.90. The first-order valence-corrected chi connectivity index (χ1v) is 6.96. The van der Waals surface area contributed by atoms with Gasteiger partial charge in [-0.25, -0.2) is 0 Å². The van der Waals surface area contributed by atoms with E-state index < -0.39 is 0 Å². The van der Waals surface area contributed by atoms with Crippen molar-refractivity contribution < 1.29 is 9.84 Å². The summed E-state index contributed by atoms with van der Waals surface area (Å²) in [5.41, 5.74) is 0. The Morgan fingerprint density at radius 1 is 1.53 bits per heavy atom. The van der Waals surface area contributed by atoms with Crippen molar-refractivity contribution in [2.24, 2.45) is 4.99 Å². The third kappa shape index (κ3) is 7.94. The number of guanidine groups is 1. The fourth-order valence-electron chi connectivity index (χ4n) is 1.93. The van der Waals surface area contributed by atoms with Gasteiger partial charge in [0, 0.05) is 32.8 Å². The van der Waals surface area contributed by atoms with E-state index in [1.165, 1.54) is 0 Å². The van der Waals surface area contributed by atoms with Crippen LogP contribution >= 0.6 is 24.0 Å². The fraction of sp³-hybridized carbons (Fsp3) is 0.923. The van der Waals surface area contributed by atoms with E-state index >= 15 is 0 Å². The Balaban J connectivity index is 0.00000324. The molecule has 1 heterocycles. The Bertz CT molecular complexity index is 262. The van der Waals surface area contributed by atoms with Crippen LogP contribution in [-0.4, -0.2) is 61.0 Å². The highest BCUT2D eigenvalue weighted by atomic mass is 127. The zero-order valence-electron chi connectivity index (χ0n) is 12.3. The minimum absolute atomic E-state index is 0. The molecule has 5 nitrogen and oxygen atoms in total. The Morgan fingerprint density at radius 2 is 2.26 bits per heavy atom. The van der Waals surface area contributed by atoms with E-state index in [4.69, 9.17) is 4.74 Å². The van der Waals surface area contributed by atoms with Gasteiger partial charge < -0.3 is 20.1 Å². The molecule has 0 aliphatic carbocycles. The summed E-state index contributed by atoms with van der Waals surface area (Å²) in [5, 5.41) is 12.8.